The summed E-state index contributed by atoms with van der Waals surface area (Å²) in [7, 11) is 4.07. The zero-order valence-corrected chi connectivity index (χ0v) is 15.4. The Labute approximate surface area is 146 Å². The second kappa shape index (κ2) is 8.02. The lowest BCUT2D eigenvalue weighted by atomic mass is 10.1. The van der Waals surface area contributed by atoms with Crippen molar-refractivity contribution in [2.24, 2.45) is 10.9 Å². The lowest BCUT2D eigenvalue weighted by Gasteiger charge is -2.29. The highest BCUT2D eigenvalue weighted by Crippen LogP contribution is 2.46. The summed E-state index contributed by atoms with van der Waals surface area (Å²) in [6.07, 6.45) is 3.94. The first kappa shape index (κ1) is 17.3. The molecule has 1 saturated carbocycles. The maximum Gasteiger partial charge on any atom is 0.193 e. The van der Waals surface area contributed by atoms with E-state index in [9.17, 15) is 0 Å². The Kier molecular flexibility index (Phi) is 5.77. The van der Waals surface area contributed by atoms with Gasteiger partial charge in [0.25, 0.3) is 0 Å². The Morgan fingerprint density at radius 3 is 2.83 bits per heavy atom. The van der Waals surface area contributed by atoms with Gasteiger partial charge in [-0.25, -0.2) is 0 Å². The van der Waals surface area contributed by atoms with E-state index in [1.54, 1.807) is 0 Å². The quantitative estimate of drug-likeness (QED) is 0.643. The van der Waals surface area contributed by atoms with Gasteiger partial charge in [0.1, 0.15) is 0 Å². The van der Waals surface area contributed by atoms with Crippen molar-refractivity contribution in [2.45, 2.75) is 38.1 Å². The highest BCUT2D eigenvalue weighted by atomic mass is 15.3. The van der Waals surface area contributed by atoms with Crippen LogP contribution in [0.4, 0.5) is 0 Å². The topological polar surface area (TPSA) is 30.9 Å². The fourth-order valence-corrected chi connectivity index (χ4v) is 4.11. The second-order valence-corrected chi connectivity index (χ2v) is 7.25. The Balaban J connectivity index is 1.45. The summed E-state index contributed by atoms with van der Waals surface area (Å²) in [6.45, 7) is 6.77. The zero-order valence-electron chi connectivity index (χ0n) is 15.4. The summed E-state index contributed by atoms with van der Waals surface area (Å²) < 4.78 is 0. The molecule has 0 aromatic heterocycles. The Bertz CT molecular complexity index is 542. The van der Waals surface area contributed by atoms with Crippen molar-refractivity contribution >= 4 is 5.96 Å². The summed E-state index contributed by atoms with van der Waals surface area (Å²) in [4.78, 5) is 9.39. The number of likely N-dealkylation sites (tertiary alicyclic amines) is 1. The third-order valence-electron chi connectivity index (χ3n) is 5.64. The Morgan fingerprint density at radius 2 is 2.12 bits per heavy atom. The van der Waals surface area contributed by atoms with Crippen molar-refractivity contribution in [3.8, 4) is 0 Å². The molecule has 1 aromatic carbocycles. The van der Waals surface area contributed by atoms with Gasteiger partial charge in [-0.1, -0.05) is 37.3 Å². The van der Waals surface area contributed by atoms with Crippen LogP contribution in [0.25, 0.3) is 0 Å². The predicted molar refractivity (Wildman–Crippen MR) is 102 cm³/mol. The van der Waals surface area contributed by atoms with Crippen molar-refractivity contribution in [3.63, 3.8) is 0 Å². The van der Waals surface area contributed by atoms with Crippen molar-refractivity contribution in [3.05, 3.63) is 35.9 Å². The zero-order chi connectivity index (χ0) is 16.9. The highest BCUT2D eigenvalue weighted by Gasteiger charge is 2.38. The van der Waals surface area contributed by atoms with Gasteiger partial charge < -0.3 is 10.2 Å². The number of hydrogen-bond donors (Lipinski definition) is 1. The van der Waals surface area contributed by atoms with Crippen LogP contribution in [0, 0.1) is 5.92 Å². The van der Waals surface area contributed by atoms with Crippen molar-refractivity contribution in [1.29, 1.82) is 0 Å². The van der Waals surface area contributed by atoms with E-state index in [0.717, 1.165) is 37.4 Å². The first-order valence-electron chi connectivity index (χ1n) is 9.43. The number of aliphatic imine (C=N–C) groups is 1. The molecule has 0 spiro atoms. The molecule has 3 rings (SSSR count). The van der Waals surface area contributed by atoms with E-state index in [0.29, 0.717) is 6.04 Å². The van der Waals surface area contributed by atoms with Gasteiger partial charge >= 0.3 is 0 Å². The highest BCUT2D eigenvalue weighted by molar-refractivity contribution is 5.79. The van der Waals surface area contributed by atoms with Crippen LogP contribution in [0.15, 0.2) is 35.3 Å². The maximum absolute atomic E-state index is 4.49. The van der Waals surface area contributed by atoms with Crippen LogP contribution in [0.5, 0.6) is 0 Å². The van der Waals surface area contributed by atoms with Gasteiger partial charge in [0, 0.05) is 33.2 Å². The van der Waals surface area contributed by atoms with Crippen molar-refractivity contribution in [2.75, 3.05) is 40.3 Å². The molecule has 2 aliphatic rings. The molecule has 1 aromatic rings. The van der Waals surface area contributed by atoms with Gasteiger partial charge in [-0.15, -0.1) is 0 Å². The van der Waals surface area contributed by atoms with E-state index in [-0.39, 0.29) is 0 Å². The van der Waals surface area contributed by atoms with Gasteiger partial charge in [0.05, 0.1) is 0 Å². The number of hydrogen-bond acceptors (Lipinski definition) is 2. The third kappa shape index (κ3) is 4.10. The molecule has 1 saturated heterocycles. The molecule has 1 aliphatic heterocycles. The Morgan fingerprint density at radius 1 is 1.33 bits per heavy atom. The van der Waals surface area contributed by atoms with Crippen LogP contribution in [0.2, 0.25) is 0 Å². The van der Waals surface area contributed by atoms with E-state index < -0.39 is 0 Å². The summed E-state index contributed by atoms with van der Waals surface area (Å²) in [5.41, 5.74) is 1.48. The fraction of sp³-hybridized carbons (Fsp3) is 0.650. The molecule has 0 bridgehead atoms. The van der Waals surface area contributed by atoms with Gasteiger partial charge in [-0.2, -0.15) is 0 Å². The molecular formula is C20H32N4. The molecule has 0 amide bonds. The molecule has 4 nitrogen and oxygen atoms in total. The number of nitrogens with zero attached hydrogens (tertiary/aromatic N) is 3. The fourth-order valence-electron chi connectivity index (χ4n) is 4.11. The second-order valence-electron chi connectivity index (χ2n) is 7.25. The van der Waals surface area contributed by atoms with Crippen LogP contribution >= 0.6 is 0 Å². The minimum absolute atomic E-state index is 0.677. The summed E-state index contributed by atoms with van der Waals surface area (Å²) in [6, 6.07) is 11.6. The summed E-state index contributed by atoms with van der Waals surface area (Å²) >= 11 is 0. The first-order valence-corrected chi connectivity index (χ1v) is 9.43. The molecule has 1 heterocycles. The first-order chi connectivity index (χ1) is 11.7. The van der Waals surface area contributed by atoms with Gasteiger partial charge in [-0.05, 0) is 49.8 Å². The molecular weight excluding hydrogens is 296 g/mol. The van der Waals surface area contributed by atoms with E-state index >= 15 is 0 Å². The van der Waals surface area contributed by atoms with E-state index in [1.807, 2.05) is 7.05 Å². The number of likely N-dealkylation sites (N-methyl/N-ethyl adjacent to an activating group) is 2. The minimum Gasteiger partial charge on any atom is -0.356 e. The van der Waals surface area contributed by atoms with Crippen molar-refractivity contribution < 1.29 is 0 Å². The lowest BCUT2D eigenvalue weighted by Crippen LogP contribution is -2.46. The van der Waals surface area contributed by atoms with E-state index in [1.165, 1.54) is 31.4 Å². The number of rotatable bonds is 6. The smallest absolute Gasteiger partial charge is 0.193 e. The van der Waals surface area contributed by atoms with Crippen LogP contribution in [-0.4, -0.2) is 62.1 Å². The van der Waals surface area contributed by atoms with Crippen LogP contribution < -0.4 is 5.32 Å². The van der Waals surface area contributed by atoms with E-state index in [4.69, 9.17) is 0 Å². The van der Waals surface area contributed by atoms with E-state index in [2.05, 4.69) is 64.4 Å². The summed E-state index contributed by atoms with van der Waals surface area (Å²) in [5, 5.41) is 3.60. The maximum atomic E-state index is 4.49. The third-order valence-corrected chi connectivity index (χ3v) is 5.64. The lowest BCUT2D eigenvalue weighted by molar-refractivity contribution is 0.232. The molecule has 2 fully saturated rings. The van der Waals surface area contributed by atoms with Crippen LogP contribution in [0.3, 0.4) is 0 Å². The average molecular weight is 329 g/mol. The molecule has 4 heteroatoms. The summed E-state index contributed by atoms with van der Waals surface area (Å²) in [5.74, 6) is 2.51. The minimum atomic E-state index is 0.677. The monoisotopic (exact) mass is 328 g/mol. The van der Waals surface area contributed by atoms with Gasteiger partial charge in [0.2, 0.25) is 0 Å². The normalized spacial score (nSPS) is 27.3. The predicted octanol–water partition coefficient (Wildman–Crippen LogP) is 2.78. The van der Waals surface area contributed by atoms with Crippen LogP contribution in [0.1, 0.15) is 37.7 Å². The standard InChI is InChI=1S/C20H32N4/c1-4-24-12-8-11-18(24)15-23(3)20(21-2)22-14-17-13-19(17)16-9-6-5-7-10-16/h5-7,9-10,17-19H,4,8,11-15H2,1-3H3,(H,21,22). The van der Waals surface area contributed by atoms with Gasteiger partial charge in [-0.3, -0.25) is 9.89 Å². The number of nitrogens with one attached hydrogen (secondary N) is 1. The van der Waals surface area contributed by atoms with Crippen molar-refractivity contribution in [1.82, 2.24) is 15.1 Å². The van der Waals surface area contributed by atoms with Gasteiger partial charge in [0.15, 0.2) is 5.96 Å². The largest absolute Gasteiger partial charge is 0.356 e. The molecule has 3 unspecified atom stereocenters. The SMILES string of the molecule is CCN1CCCC1CN(C)C(=NC)NCC1CC1c1ccccc1. The molecule has 1 aliphatic carbocycles. The number of guanidine groups is 1. The molecule has 3 atom stereocenters. The number of benzene rings is 1. The average Bonchev–Trinajstić information content (AvgIpc) is 3.26. The molecule has 132 valence electrons. The van der Waals surface area contributed by atoms with Crippen LogP contribution in [-0.2, 0) is 0 Å². The molecule has 24 heavy (non-hydrogen) atoms. The molecule has 0 radical (unpaired) electrons. The Hall–Kier alpha value is -1.55. The molecule has 1 N–H and O–H groups in total.